The van der Waals surface area contributed by atoms with Gasteiger partial charge in [0.15, 0.2) is 40.8 Å². The van der Waals surface area contributed by atoms with Gasteiger partial charge in [0.1, 0.15) is 21.4 Å². The first-order chi connectivity index (χ1) is 32.1. The smallest absolute Gasteiger partial charge is 0.275 e. The Balaban J connectivity index is 5.44. The summed E-state index contributed by atoms with van der Waals surface area (Å²) in [5.41, 5.74) is 0. The number of aliphatic hydroxyl groups excluding tert-OH is 6. The van der Waals surface area contributed by atoms with E-state index in [4.69, 9.17) is 93.9 Å². The summed E-state index contributed by atoms with van der Waals surface area (Å²) < 4.78 is 160. The molecule has 0 saturated heterocycles. The zero-order chi connectivity index (χ0) is 49.0. The van der Waals surface area contributed by atoms with Gasteiger partial charge in [-0.25, -0.2) is 0 Å². The lowest BCUT2D eigenvalue weighted by atomic mass is 10.2. The Morgan fingerprint density at radius 2 is 0.788 bits per heavy atom. The van der Waals surface area contributed by atoms with Crippen LogP contribution in [0.4, 0.5) is 0 Å². The zero-order valence-electron chi connectivity index (χ0n) is 34.9. The highest BCUT2D eigenvalue weighted by Gasteiger charge is 2.25. The van der Waals surface area contributed by atoms with Crippen molar-refractivity contribution in [2.24, 2.45) is 0 Å². The molecule has 0 saturated carbocycles. The molecule has 6 N–H and O–H groups in total. The van der Waals surface area contributed by atoms with Crippen molar-refractivity contribution in [3.8, 4) is 0 Å². The molecule has 0 aliphatic rings. The number of hydrogen-bond donors (Lipinski definition) is 6. The van der Waals surface area contributed by atoms with E-state index in [-0.39, 0.29) is 85.5 Å². The number of ether oxygens (including phenoxy) is 5. The Hall–Kier alpha value is 2.39. The van der Waals surface area contributed by atoms with Crippen LogP contribution in [0.15, 0.2) is 0 Å². The summed E-state index contributed by atoms with van der Waals surface area (Å²) in [5, 5.41) is 54.2. The van der Waals surface area contributed by atoms with Crippen LogP contribution in [0.5, 0.6) is 0 Å². The lowest BCUT2D eigenvalue weighted by Gasteiger charge is -2.23. The molecule has 0 aromatic carbocycles. The maximum Gasteiger partial charge on any atom is 0.275 e. The summed E-state index contributed by atoms with van der Waals surface area (Å²) in [7, 11) is -16.1. The third-order valence-corrected chi connectivity index (χ3v) is 18.7. The second-order valence-corrected chi connectivity index (χ2v) is 27.2. The fraction of sp³-hybridized carbons (Fsp3) is 1.00. The number of hydrogen-bond acceptors (Lipinski definition) is 29. The van der Waals surface area contributed by atoms with Gasteiger partial charge in [-0.15, -0.1) is 0 Å². The molecular weight excluding hydrogens is 1140 g/mol. The summed E-state index contributed by atoms with van der Waals surface area (Å²) in [4.78, 5) is 0. The predicted molar refractivity (Wildman–Crippen MR) is 238 cm³/mol. The first-order valence-electron chi connectivity index (χ1n) is 18.3. The number of aliphatic hydroxyl groups is 6. The third kappa shape index (κ3) is 38.9. The topological polar surface area (TPSA) is 381 Å². The quantitative estimate of drug-likeness (QED) is 0.0214. The molecule has 41 heteroatoms. The van der Waals surface area contributed by atoms with Gasteiger partial charge in [-0.2, -0.15) is 0 Å². The van der Waals surface area contributed by atoms with Crippen molar-refractivity contribution in [3.05, 3.63) is 0 Å². The second kappa shape index (κ2) is 49.6. The van der Waals surface area contributed by atoms with Gasteiger partial charge < -0.3 is 81.5 Å². The first-order valence-corrected chi connectivity index (χ1v) is 35.0. The van der Waals surface area contributed by atoms with E-state index in [0.717, 1.165) is 0 Å². The molecule has 29 nitrogen and oxygen atoms in total. The molecule has 0 radical (unpaired) electrons. The van der Waals surface area contributed by atoms with E-state index < -0.39 is 169 Å². The molecule has 0 fully saturated rings. The second-order valence-electron chi connectivity index (χ2n) is 11.1. The van der Waals surface area contributed by atoms with Crippen LogP contribution in [0.2, 0.25) is 0 Å². The Bertz CT molecular complexity index is 1220. The molecular formula is C25H54O29P12. The van der Waals surface area contributed by atoms with Gasteiger partial charge in [0.2, 0.25) is 48.5 Å². The average Bonchev–Trinajstić information content (AvgIpc) is 3.31. The minimum atomic E-state index is -2.68. The fourth-order valence-corrected chi connectivity index (χ4v) is 12.9. The van der Waals surface area contributed by atoms with Crippen LogP contribution >= 0.6 is 97.3 Å². The van der Waals surface area contributed by atoms with Crippen LogP contribution in [0.1, 0.15) is 26.2 Å². The molecule has 0 aromatic rings. The highest BCUT2D eigenvalue weighted by molar-refractivity contribution is 8.12. The van der Waals surface area contributed by atoms with Gasteiger partial charge in [0.25, 0.3) is 40.3 Å². The van der Waals surface area contributed by atoms with Gasteiger partial charge in [0.05, 0.1) is 64.1 Å². The van der Waals surface area contributed by atoms with Crippen LogP contribution in [0, 0.1) is 0 Å². The summed E-state index contributed by atoms with van der Waals surface area (Å²) in [6, 6.07) is 0. The lowest BCUT2D eigenvalue weighted by Crippen LogP contribution is -2.26. The SMILES string of the molecule is CC(COCCC(COCCC(COCCC(COCOCC(COP[PH](=O)OCO)OP(OCO)P=O)OP(OCO)P=O)OP(OCO)P=O)OP(OCO)P=O)OP(OCO)P=O. The standard InChI is InChI=1S/C25H54O29P12/c1-21(50-62(55-32)45-15-27)8-38-5-2-22(51-63(56-33)46-16-28)9-39-6-3-23(52-64(57-34)47-17-29)10-40-7-4-24(53-65(58-35)48-18-30)11-41-20-42-12-25(54-66(59-36)49-19-31)13-43-60-61(37)44-14-26/h21-31,60-61H,2-20H2,1H3. The Morgan fingerprint density at radius 3 is 1.15 bits per heavy atom. The van der Waals surface area contributed by atoms with Crippen molar-refractivity contribution in [1.82, 2.24) is 0 Å². The van der Waals surface area contributed by atoms with Crippen LogP contribution in [-0.2, 0) is 105 Å². The Kier molecular flexibility index (Phi) is 51.4. The molecule has 0 aliphatic heterocycles. The van der Waals surface area contributed by atoms with Crippen LogP contribution in [0.25, 0.3) is 0 Å². The van der Waals surface area contributed by atoms with Crippen molar-refractivity contribution in [2.75, 3.05) is 107 Å². The molecule has 388 valence electrons. The Morgan fingerprint density at radius 1 is 0.455 bits per heavy atom. The molecule has 12 unspecified atom stereocenters. The van der Waals surface area contributed by atoms with Crippen molar-refractivity contribution in [2.45, 2.75) is 56.7 Å². The highest BCUT2D eigenvalue weighted by atomic mass is 32.1. The maximum atomic E-state index is 11.7. The predicted octanol–water partition coefficient (Wildman–Crippen LogP) is 6.53. The minimum absolute atomic E-state index is 0.00288. The molecule has 0 amide bonds. The largest absolute Gasteiger partial charge is 0.379 e. The van der Waals surface area contributed by atoms with E-state index in [1.165, 1.54) is 0 Å². The lowest BCUT2D eigenvalue weighted by molar-refractivity contribution is -0.0971. The van der Waals surface area contributed by atoms with Crippen molar-refractivity contribution >= 4 is 97.3 Å². The zero-order valence-corrected chi connectivity index (χ0v) is 45.8. The summed E-state index contributed by atoms with van der Waals surface area (Å²) >= 11 is 0. The number of rotatable bonds is 52. The molecule has 12 atom stereocenters. The van der Waals surface area contributed by atoms with Crippen molar-refractivity contribution in [3.63, 3.8) is 0 Å². The summed E-state index contributed by atoms with van der Waals surface area (Å²) in [6.45, 7) is -4.01. The average molecular weight is 1190 g/mol. The highest BCUT2D eigenvalue weighted by Crippen LogP contribution is 2.55. The molecule has 0 heterocycles. The maximum absolute atomic E-state index is 11.7. The minimum Gasteiger partial charge on any atom is -0.379 e. The summed E-state index contributed by atoms with van der Waals surface area (Å²) in [6.07, 6.45) is -3.49. The van der Waals surface area contributed by atoms with Crippen molar-refractivity contribution in [1.29, 1.82) is 0 Å². The van der Waals surface area contributed by atoms with Crippen molar-refractivity contribution < 1.29 is 136 Å². The van der Waals surface area contributed by atoms with E-state index >= 15 is 0 Å². The summed E-state index contributed by atoms with van der Waals surface area (Å²) in [5.74, 6) is 0. The molecule has 0 bridgehead atoms. The molecule has 0 aromatic heterocycles. The Labute approximate surface area is 395 Å². The van der Waals surface area contributed by atoms with Gasteiger partial charge in [-0.05, 0) is 26.2 Å². The van der Waals surface area contributed by atoms with Gasteiger partial charge in [-0.1, -0.05) is 0 Å². The molecule has 0 aliphatic carbocycles. The van der Waals surface area contributed by atoms with Gasteiger partial charge in [0, 0.05) is 19.8 Å². The van der Waals surface area contributed by atoms with E-state index in [1.54, 1.807) is 6.92 Å². The van der Waals surface area contributed by atoms with Crippen LogP contribution < -0.4 is 0 Å². The molecule has 66 heavy (non-hydrogen) atoms. The molecule has 0 rings (SSSR count). The first kappa shape index (κ1) is 68.4. The third-order valence-electron chi connectivity index (χ3n) is 6.51. The van der Waals surface area contributed by atoms with Crippen LogP contribution in [0.3, 0.4) is 0 Å². The van der Waals surface area contributed by atoms with E-state index in [1.807, 2.05) is 0 Å². The van der Waals surface area contributed by atoms with Gasteiger partial charge in [-0.3, -0.25) is 54.5 Å². The van der Waals surface area contributed by atoms with Crippen LogP contribution in [-0.4, -0.2) is 168 Å². The fourth-order valence-electron chi connectivity index (χ4n) is 3.94. The van der Waals surface area contributed by atoms with E-state index in [9.17, 15) is 37.6 Å². The monoisotopic (exact) mass is 1190 g/mol. The normalized spacial score (nSPS) is 17.6. The molecule has 0 spiro atoms. The van der Waals surface area contributed by atoms with Gasteiger partial charge >= 0.3 is 0 Å². The van der Waals surface area contributed by atoms with E-state index in [0.29, 0.717) is 0 Å². The van der Waals surface area contributed by atoms with E-state index in [2.05, 4.69) is 4.52 Å².